The molecule has 9 heteroatoms. The van der Waals surface area contributed by atoms with Gasteiger partial charge in [-0.25, -0.2) is 0 Å². The van der Waals surface area contributed by atoms with Gasteiger partial charge in [-0.15, -0.1) is 11.3 Å². The van der Waals surface area contributed by atoms with Gasteiger partial charge in [-0.1, -0.05) is 18.2 Å². The number of hydrogen-bond acceptors (Lipinski definition) is 6. The van der Waals surface area contributed by atoms with Crippen LogP contribution >= 0.6 is 11.3 Å². The summed E-state index contributed by atoms with van der Waals surface area (Å²) in [5, 5.41) is 7.06. The van der Waals surface area contributed by atoms with Crippen LogP contribution in [0.15, 0.2) is 35.7 Å². The minimum absolute atomic E-state index is 0.0804. The molecule has 0 spiro atoms. The van der Waals surface area contributed by atoms with E-state index in [1.807, 2.05) is 19.1 Å². The molecule has 28 heavy (non-hydrogen) atoms. The van der Waals surface area contributed by atoms with Gasteiger partial charge in [-0.05, 0) is 36.9 Å². The molecule has 0 bridgehead atoms. The van der Waals surface area contributed by atoms with Crippen molar-refractivity contribution in [3.05, 3.63) is 52.4 Å². The summed E-state index contributed by atoms with van der Waals surface area (Å²) in [6, 6.07) is 8.60. The normalized spacial score (nSPS) is 11.4. The smallest absolute Gasteiger partial charge is 0.308 e. The van der Waals surface area contributed by atoms with Crippen molar-refractivity contribution >= 4 is 40.0 Å². The lowest BCUT2D eigenvalue weighted by atomic mass is 10.1. The number of thiophene rings is 1. The summed E-state index contributed by atoms with van der Waals surface area (Å²) in [6.07, 6.45) is -1.15. The van der Waals surface area contributed by atoms with E-state index in [0.29, 0.717) is 10.6 Å². The topological polar surface area (TPSA) is 128 Å². The van der Waals surface area contributed by atoms with Gasteiger partial charge in [0.05, 0.1) is 12.0 Å². The SMILES string of the molecule is Cc1ccccc1C(=O)NCCC(=O)OC(C)C(=O)Nc1sccc1C(N)=O. The number of rotatable bonds is 8. The molecule has 3 amide bonds. The van der Waals surface area contributed by atoms with Crippen LogP contribution in [-0.2, 0) is 14.3 Å². The predicted molar refractivity (Wildman–Crippen MR) is 105 cm³/mol. The lowest BCUT2D eigenvalue weighted by Crippen LogP contribution is -2.32. The highest BCUT2D eigenvalue weighted by atomic mass is 32.1. The molecule has 1 aromatic carbocycles. The van der Waals surface area contributed by atoms with E-state index < -0.39 is 23.9 Å². The van der Waals surface area contributed by atoms with Crippen LogP contribution in [0.2, 0.25) is 0 Å². The van der Waals surface area contributed by atoms with E-state index in [-0.39, 0.29) is 24.4 Å². The Bertz CT molecular complexity index is 893. The van der Waals surface area contributed by atoms with E-state index in [2.05, 4.69) is 10.6 Å². The van der Waals surface area contributed by atoms with Crippen molar-refractivity contribution in [2.75, 3.05) is 11.9 Å². The molecular weight excluding hydrogens is 382 g/mol. The molecule has 1 unspecified atom stereocenters. The molecule has 0 aliphatic carbocycles. The number of primary amides is 1. The van der Waals surface area contributed by atoms with Crippen LogP contribution in [0.4, 0.5) is 5.00 Å². The van der Waals surface area contributed by atoms with Gasteiger partial charge in [-0.3, -0.25) is 19.2 Å². The van der Waals surface area contributed by atoms with Gasteiger partial charge in [0.25, 0.3) is 17.7 Å². The number of carbonyl (C=O) groups is 4. The van der Waals surface area contributed by atoms with E-state index in [9.17, 15) is 19.2 Å². The van der Waals surface area contributed by atoms with Gasteiger partial charge >= 0.3 is 5.97 Å². The number of carbonyl (C=O) groups excluding carboxylic acids is 4. The van der Waals surface area contributed by atoms with Crippen LogP contribution < -0.4 is 16.4 Å². The number of amides is 3. The standard InChI is InChI=1S/C19H21N3O5S/c1-11-5-3-4-6-13(11)18(26)21-9-7-15(23)27-12(2)17(25)22-19-14(16(20)24)8-10-28-19/h3-6,8,10,12H,7,9H2,1-2H3,(H2,20,24)(H,21,26)(H,22,25). The van der Waals surface area contributed by atoms with Crippen molar-refractivity contribution in [3.8, 4) is 0 Å². The number of anilines is 1. The molecule has 0 saturated heterocycles. The molecular formula is C19H21N3O5S. The second-order valence-electron chi connectivity index (χ2n) is 5.97. The van der Waals surface area contributed by atoms with Crippen LogP contribution in [0.3, 0.4) is 0 Å². The largest absolute Gasteiger partial charge is 0.452 e. The van der Waals surface area contributed by atoms with Crippen LogP contribution in [0.25, 0.3) is 0 Å². The maximum absolute atomic E-state index is 12.1. The second-order valence-corrected chi connectivity index (χ2v) is 6.89. The summed E-state index contributed by atoms with van der Waals surface area (Å²) >= 11 is 1.14. The first kappa shape index (κ1) is 21.1. The number of ether oxygens (including phenoxy) is 1. The minimum Gasteiger partial charge on any atom is -0.452 e. The van der Waals surface area contributed by atoms with Crippen molar-refractivity contribution < 1.29 is 23.9 Å². The van der Waals surface area contributed by atoms with Crippen LogP contribution in [-0.4, -0.2) is 36.3 Å². The summed E-state index contributed by atoms with van der Waals surface area (Å²) in [5.41, 5.74) is 6.77. The summed E-state index contributed by atoms with van der Waals surface area (Å²) in [4.78, 5) is 47.4. The molecule has 2 aromatic rings. The maximum atomic E-state index is 12.1. The van der Waals surface area contributed by atoms with Crippen molar-refractivity contribution in [1.82, 2.24) is 5.32 Å². The van der Waals surface area contributed by atoms with Crippen LogP contribution in [0, 0.1) is 6.92 Å². The van der Waals surface area contributed by atoms with Gasteiger partial charge in [0.1, 0.15) is 5.00 Å². The highest BCUT2D eigenvalue weighted by molar-refractivity contribution is 7.14. The fourth-order valence-electron chi connectivity index (χ4n) is 2.32. The van der Waals surface area contributed by atoms with Gasteiger partial charge in [0, 0.05) is 12.1 Å². The number of nitrogens with one attached hydrogen (secondary N) is 2. The molecule has 0 aliphatic rings. The minimum atomic E-state index is -1.07. The number of benzene rings is 1. The first-order valence-corrected chi connectivity index (χ1v) is 9.39. The quantitative estimate of drug-likeness (QED) is 0.580. The van der Waals surface area contributed by atoms with E-state index in [1.54, 1.807) is 17.5 Å². The monoisotopic (exact) mass is 403 g/mol. The van der Waals surface area contributed by atoms with E-state index >= 15 is 0 Å². The van der Waals surface area contributed by atoms with E-state index in [0.717, 1.165) is 16.9 Å². The van der Waals surface area contributed by atoms with Gasteiger partial charge < -0.3 is 21.1 Å². The van der Waals surface area contributed by atoms with Crippen molar-refractivity contribution in [1.29, 1.82) is 0 Å². The number of esters is 1. The number of hydrogen-bond donors (Lipinski definition) is 3. The Morgan fingerprint density at radius 2 is 1.86 bits per heavy atom. The van der Waals surface area contributed by atoms with Crippen molar-refractivity contribution in [2.45, 2.75) is 26.4 Å². The molecule has 1 atom stereocenters. The molecule has 0 fully saturated rings. The first-order valence-electron chi connectivity index (χ1n) is 8.51. The Morgan fingerprint density at radius 3 is 2.54 bits per heavy atom. The Balaban J connectivity index is 1.78. The first-order chi connectivity index (χ1) is 13.3. The molecule has 0 aliphatic heterocycles. The third kappa shape index (κ3) is 5.65. The highest BCUT2D eigenvalue weighted by Gasteiger charge is 2.20. The molecule has 1 heterocycles. The summed E-state index contributed by atoms with van der Waals surface area (Å²) in [7, 11) is 0. The second kappa shape index (κ2) is 9.65. The Morgan fingerprint density at radius 1 is 1.14 bits per heavy atom. The van der Waals surface area contributed by atoms with Crippen LogP contribution in [0.1, 0.15) is 39.6 Å². The number of nitrogens with two attached hydrogens (primary N) is 1. The summed E-state index contributed by atoms with van der Waals surface area (Å²) in [6.45, 7) is 3.31. The van der Waals surface area contributed by atoms with E-state index in [4.69, 9.17) is 10.5 Å². The van der Waals surface area contributed by atoms with Gasteiger partial charge in [0.2, 0.25) is 0 Å². The van der Waals surface area contributed by atoms with Gasteiger partial charge in [-0.2, -0.15) is 0 Å². The predicted octanol–water partition coefficient (Wildman–Crippen LogP) is 1.85. The third-order valence-corrected chi connectivity index (χ3v) is 4.68. The zero-order valence-electron chi connectivity index (χ0n) is 15.5. The molecule has 0 saturated carbocycles. The zero-order chi connectivity index (χ0) is 20.7. The molecule has 0 radical (unpaired) electrons. The molecule has 2 rings (SSSR count). The van der Waals surface area contributed by atoms with Gasteiger partial charge in [0.15, 0.2) is 6.10 Å². The fourth-order valence-corrected chi connectivity index (χ4v) is 3.12. The average molecular weight is 403 g/mol. The Labute approximate surface area is 166 Å². The zero-order valence-corrected chi connectivity index (χ0v) is 16.3. The van der Waals surface area contributed by atoms with Crippen molar-refractivity contribution in [3.63, 3.8) is 0 Å². The Hall–Kier alpha value is -3.20. The Kier molecular flexibility index (Phi) is 7.28. The fraction of sp³-hybridized carbons (Fsp3) is 0.263. The lowest BCUT2D eigenvalue weighted by Gasteiger charge is -2.13. The highest BCUT2D eigenvalue weighted by Crippen LogP contribution is 2.23. The van der Waals surface area contributed by atoms with Crippen LogP contribution in [0.5, 0.6) is 0 Å². The summed E-state index contributed by atoms with van der Waals surface area (Å²) in [5.74, 6) is -2.16. The summed E-state index contributed by atoms with van der Waals surface area (Å²) < 4.78 is 5.06. The third-order valence-electron chi connectivity index (χ3n) is 3.85. The lowest BCUT2D eigenvalue weighted by molar-refractivity contribution is -0.153. The van der Waals surface area contributed by atoms with E-state index in [1.165, 1.54) is 13.0 Å². The van der Waals surface area contributed by atoms with Crippen molar-refractivity contribution in [2.24, 2.45) is 5.73 Å². The molecule has 8 nitrogen and oxygen atoms in total. The molecule has 148 valence electrons. The average Bonchev–Trinajstić information content (AvgIpc) is 3.10. The number of aryl methyl sites for hydroxylation is 1. The molecule has 4 N–H and O–H groups in total. The maximum Gasteiger partial charge on any atom is 0.308 e. The molecule has 1 aromatic heterocycles.